The van der Waals surface area contributed by atoms with Crippen molar-refractivity contribution in [1.82, 2.24) is 0 Å². The van der Waals surface area contributed by atoms with Crippen molar-refractivity contribution in [3.8, 4) is 0 Å². The zero-order chi connectivity index (χ0) is 14.6. The topological polar surface area (TPSA) is 132 Å². The number of hydrogen-bond donors (Lipinski definition) is 2. The van der Waals surface area contributed by atoms with Gasteiger partial charge < -0.3 is 31.3 Å². The van der Waals surface area contributed by atoms with Gasteiger partial charge in [-0.05, 0) is 36.9 Å². The third-order valence-electron chi connectivity index (χ3n) is 1.87. The average molecular weight is 434 g/mol. The van der Waals surface area contributed by atoms with E-state index in [1.54, 1.807) is 23.5 Å². The molecule has 0 heterocycles. The van der Waals surface area contributed by atoms with E-state index in [-0.39, 0.29) is 48.9 Å². The first-order chi connectivity index (χ1) is 8.36. The maximum atomic E-state index is 9.96. The van der Waals surface area contributed by atoms with Gasteiger partial charge in [0.15, 0.2) is 0 Å². The van der Waals surface area contributed by atoms with Crippen LogP contribution in [0.25, 0.3) is 0 Å². The van der Waals surface area contributed by atoms with Crippen LogP contribution in [0, 0.1) is 0 Å². The van der Waals surface area contributed by atoms with Crippen LogP contribution in [0.2, 0.25) is 0 Å². The number of carbonyl (C=O) groups excluding carboxylic acids is 2. The minimum atomic E-state index is -1.16. The first kappa shape index (κ1) is 25.1. The number of carboxylic acid groups (broad SMARTS) is 2. The first-order valence-electron chi connectivity index (χ1n) is 5.27. The minimum Gasteiger partial charge on any atom is -0.548 e. The molecule has 0 radical (unpaired) electrons. The SMILES string of the molecule is CSCC[C@H](N)C(=O)[O-].CSCC[C@H](N)C(=O)[O-].[Ba+2]. The van der Waals surface area contributed by atoms with Crippen molar-refractivity contribution in [2.24, 2.45) is 11.5 Å². The van der Waals surface area contributed by atoms with E-state index >= 15 is 0 Å². The third-order valence-corrected chi connectivity index (χ3v) is 3.16. The number of aliphatic carboxylic acids is 2. The minimum absolute atomic E-state index is 0. The predicted molar refractivity (Wildman–Crippen MR) is 77.7 cm³/mol. The van der Waals surface area contributed by atoms with Crippen LogP contribution in [-0.2, 0) is 9.59 Å². The van der Waals surface area contributed by atoms with Crippen molar-refractivity contribution < 1.29 is 19.8 Å². The summed E-state index contributed by atoms with van der Waals surface area (Å²) < 4.78 is 0. The van der Waals surface area contributed by atoms with Gasteiger partial charge in [0, 0.05) is 12.1 Å². The summed E-state index contributed by atoms with van der Waals surface area (Å²) in [6, 6.07) is -1.59. The predicted octanol–water partition coefficient (Wildman–Crippen LogP) is -2.75. The smallest absolute Gasteiger partial charge is 0.548 e. The normalized spacial score (nSPS) is 12.4. The molecule has 0 saturated carbocycles. The summed E-state index contributed by atoms with van der Waals surface area (Å²) in [5, 5.41) is 19.9. The molecule has 0 saturated heterocycles. The number of thioether (sulfide) groups is 2. The fourth-order valence-electron chi connectivity index (χ4n) is 0.725. The van der Waals surface area contributed by atoms with Crippen molar-refractivity contribution in [2.75, 3.05) is 24.0 Å². The monoisotopic (exact) mass is 434 g/mol. The van der Waals surface area contributed by atoms with Crippen LogP contribution in [0.5, 0.6) is 0 Å². The Morgan fingerprint density at radius 2 is 1.21 bits per heavy atom. The molecule has 0 aromatic rings. The molecule has 4 N–H and O–H groups in total. The molecule has 0 fully saturated rings. The molecule has 0 amide bonds. The maximum Gasteiger partial charge on any atom is 2.00 e. The fraction of sp³-hybridized carbons (Fsp3) is 0.800. The van der Waals surface area contributed by atoms with E-state index in [2.05, 4.69) is 0 Å². The van der Waals surface area contributed by atoms with Crippen LogP contribution >= 0.6 is 23.5 Å². The first-order valence-corrected chi connectivity index (χ1v) is 8.06. The Hall–Kier alpha value is 1.13. The largest absolute Gasteiger partial charge is 2.00 e. The second-order valence-corrected chi connectivity index (χ2v) is 5.39. The number of carboxylic acids is 2. The van der Waals surface area contributed by atoms with Gasteiger partial charge in [0.1, 0.15) is 0 Å². The zero-order valence-corrected chi connectivity index (χ0v) is 17.4. The second-order valence-electron chi connectivity index (χ2n) is 3.41. The Bertz CT molecular complexity index is 224. The van der Waals surface area contributed by atoms with Crippen LogP contribution < -0.4 is 21.7 Å². The van der Waals surface area contributed by atoms with E-state index in [1.165, 1.54) is 0 Å². The van der Waals surface area contributed by atoms with Gasteiger partial charge in [-0.25, -0.2) is 0 Å². The molecule has 0 spiro atoms. The molecule has 2 atom stereocenters. The summed E-state index contributed by atoms with van der Waals surface area (Å²) >= 11 is 3.15. The van der Waals surface area contributed by atoms with Crippen molar-refractivity contribution >= 4 is 84.3 Å². The number of carbonyl (C=O) groups is 2. The number of hydrogen-bond acceptors (Lipinski definition) is 8. The molecule has 0 aromatic carbocycles. The maximum absolute atomic E-state index is 9.96. The quantitative estimate of drug-likeness (QED) is 0.394. The van der Waals surface area contributed by atoms with Crippen LogP contribution in [0.1, 0.15) is 12.8 Å². The standard InChI is InChI=1S/2C5H11NO2S.Ba/c2*1-9-3-2-4(6)5(7)8;/h2*4H,2-3,6H2,1H3,(H,7,8);/q;;+2/p-2/t2*4-;/m00./s1. The number of nitrogens with two attached hydrogens (primary N) is 2. The van der Waals surface area contributed by atoms with Gasteiger partial charge in [-0.15, -0.1) is 0 Å². The summed E-state index contributed by atoms with van der Waals surface area (Å²) in [5.74, 6) is -0.780. The molecule has 0 aromatic heterocycles. The molecular formula is C10H20BaN2O4S2. The molecule has 0 rings (SSSR count). The molecule has 0 bridgehead atoms. The summed E-state index contributed by atoms with van der Waals surface area (Å²) in [4.78, 5) is 19.9. The van der Waals surface area contributed by atoms with Crippen molar-refractivity contribution in [2.45, 2.75) is 24.9 Å². The Balaban J connectivity index is -0.000000256. The van der Waals surface area contributed by atoms with Gasteiger partial charge in [0.2, 0.25) is 0 Å². The molecular weight excluding hydrogens is 414 g/mol. The van der Waals surface area contributed by atoms with Gasteiger partial charge in [-0.2, -0.15) is 23.5 Å². The molecule has 0 unspecified atom stereocenters. The van der Waals surface area contributed by atoms with Gasteiger partial charge in [-0.1, -0.05) is 0 Å². The Morgan fingerprint density at radius 1 is 0.947 bits per heavy atom. The molecule has 0 aliphatic heterocycles. The molecule has 108 valence electrons. The Morgan fingerprint density at radius 3 is 1.37 bits per heavy atom. The molecule has 9 heteroatoms. The van der Waals surface area contributed by atoms with Crippen LogP contribution in [0.15, 0.2) is 0 Å². The fourth-order valence-corrected chi connectivity index (χ4v) is 1.70. The Kier molecular flexibility index (Phi) is 22.7. The van der Waals surface area contributed by atoms with Crippen LogP contribution in [0.4, 0.5) is 0 Å². The van der Waals surface area contributed by atoms with Gasteiger partial charge in [0.05, 0.1) is 11.9 Å². The third kappa shape index (κ3) is 19.1. The summed E-state index contributed by atoms with van der Waals surface area (Å²) in [7, 11) is 0. The van der Waals surface area contributed by atoms with Crippen LogP contribution in [0.3, 0.4) is 0 Å². The van der Waals surface area contributed by atoms with E-state index in [0.29, 0.717) is 12.8 Å². The second kappa shape index (κ2) is 17.2. The molecule has 0 aliphatic rings. The van der Waals surface area contributed by atoms with Gasteiger partial charge >= 0.3 is 48.9 Å². The summed E-state index contributed by atoms with van der Waals surface area (Å²) in [6.45, 7) is 0. The van der Waals surface area contributed by atoms with E-state index in [0.717, 1.165) is 11.5 Å². The average Bonchev–Trinajstić information content (AvgIpc) is 2.33. The van der Waals surface area contributed by atoms with E-state index in [4.69, 9.17) is 11.5 Å². The summed E-state index contributed by atoms with van der Waals surface area (Å²) in [5.41, 5.74) is 10.3. The van der Waals surface area contributed by atoms with Gasteiger partial charge in [0.25, 0.3) is 0 Å². The van der Waals surface area contributed by atoms with Crippen molar-refractivity contribution in [1.29, 1.82) is 0 Å². The number of rotatable bonds is 8. The van der Waals surface area contributed by atoms with E-state index < -0.39 is 24.0 Å². The van der Waals surface area contributed by atoms with Crippen molar-refractivity contribution in [3.63, 3.8) is 0 Å². The van der Waals surface area contributed by atoms with Crippen molar-refractivity contribution in [3.05, 3.63) is 0 Å². The zero-order valence-electron chi connectivity index (χ0n) is 11.3. The Labute approximate surface area is 162 Å². The molecule has 0 aliphatic carbocycles. The van der Waals surface area contributed by atoms with Gasteiger partial charge in [-0.3, -0.25) is 0 Å². The summed E-state index contributed by atoms with van der Waals surface area (Å²) in [6.07, 6.45) is 4.79. The molecule has 19 heavy (non-hydrogen) atoms. The van der Waals surface area contributed by atoms with Crippen LogP contribution in [-0.4, -0.2) is 96.9 Å². The molecule has 6 nitrogen and oxygen atoms in total. The van der Waals surface area contributed by atoms with E-state index in [9.17, 15) is 19.8 Å². The van der Waals surface area contributed by atoms with E-state index in [1.807, 2.05) is 12.5 Å².